The summed E-state index contributed by atoms with van der Waals surface area (Å²) in [6, 6.07) is 8.58. The van der Waals surface area contributed by atoms with Crippen molar-refractivity contribution in [1.29, 1.82) is 0 Å². The van der Waals surface area contributed by atoms with Crippen LogP contribution in [-0.4, -0.2) is 30.1 Å². The third kappa shape index (κ3) is 3.85. The van der Waals surface area contributed by atoms with Crippen molar-refractivity contribution in [3.05, 3.63) is 30.3 Å². The zero-order chi connectivity index (χ0) is 13.4. The molecule has 1 radical (unpaired) electrons. The highest BCUT2D eigenvalue weighted by Crippen LogP contribution is 2.18. The van der Waals surface area contributed by atoms with Gasteiger partial charge >= 0.3 is 5.97 Å². The number of nitrogens with zero attached hydrogens (tertiary/aromatic N) is 1. The summed E-state index contributed by atoms with van der Waals surface area (Å²) >= 11 is 0. The fourth-order valence-corrected chi connectivity index (χ4v) is 1.73. The van der Waals surface area contributed by atoms with E-state index in [9.17, 15) is 14.7 Å². The number of unbranched alkanes of at least 4 members (excludes halogenated alkanes) is 1. The Morgan fingerprint density at radius 3 is 2.61 bits per heavy atom. The first-order chi connectivity index (χ1) is 8.70. The number of carbonyl (C=O) groups excluding carboxylic acids is 1. The summed E-state index contributed by atoms with van der Waals surface area (Å²) < 4.78 is 0. The molecule has 5 heteroatoms. The van der Waals surface area contributed by atoms with Gasteiger partial charge in [-0.3, -0.25) is 4.79 Å². The zero-order valence-corrected chi connectivity index (χ0v) is 10.1. The number of aliphatic carboxylic acids is 1. The maximum absolute atomic E-state index is 11.2. The van der Waals surface area contributed by atoms with Gasteiger partial charge < -0.3 is 15.7 Å². The molecule has 1 unspecified atom stereocenters. The van der Waals surface area contributed by atoms with Gasteiger partial charge in [0.15, 0.2) is 0 Å². The van der Waals surface area contributed by atoms with Crippen LogP contribution in [0.3, 0.4) is 0 Å². The first kappa shape index (κ1) is 14.2. The topological polar surface area (TPSA) is 83.6 Å². The van der Waals surface area contributed by atoms with Crippen LogP contribution in [0.4, 0.5) is 5.69 Å². The largest absolute Gasteiger partial charge is 0.480 e. The number of rotatable bonds is 8. The number of hydrogen-bond donors (Lipinski definition) is 2. The zero-order valence-electron chi connectivity index (χ0n) is 10.1. The summed E-state index contributed by atoms with van der Waals surface area (Å²) in [6.07, 6.45) is 2.37. The number of amides is 1. The van der Waals surface area contributed by atoms with E-state index in [-0.39, 0.29) is 0 Å². The molecule has 0 bridgehead atoms. The Kier molecular flexibility index (Phi) is 5.87. The summed E-state index contributed by atoms with van der Waals surface area (Å²) in [4.78, 5) is 23.6. The van der Waals surface area contributed by atoms with Crippen molar-refractivity contribution in [3.63, 3.8) is 0 Å². The van der Waals surface area contributed by atoms with E-state index in [2.05, 4.69) is 6.07 Å². The molecule has 1 aromatic carbocycles. The van der Waals surface area contributed by atoms with Crippen molar-refractivity contribution in [2.45, 2.75) is 25.3 Å². The fraction of sp³-hybridized carbons (Fsp3) is 0.385. The van der Waals surface area contributed by atoms with E-state index in [4.69, 9.17) is 5.73 Å². The average Bonchev–Trinajstić information content (AvgIpc) is 2.39. The number of nitrogens with two attached hydrogens (primary N) is 1. The molecule has 1 aromatic rings. The lowest BCUT2D eigenvalue weighted by molar-refractivity contribution is -0.139. The average molecular weight is 249 g/mol. The maximum atomic E-state index is 11.2. The maximum Gasteiger partial charge on any atom is 0.326 e. The molecule has 1 amide bonds. The Balaban J connectivity index is 2.81. The van der Waals surface area contributed by atoms with Crippen LogP contribution in [0, 0.1) is 6.07 Å². The lowest BCUT2D eigenvalue weighted by Crippen LogP contribution is -2.40. The Labute approximate surface area is 106 Å². The summed E-state index contributed by atoms with van der Waals surface area (Å²) in [5.74, 6) is -1.01. The highest BCUT2D eigenvalue weighted by molar-refractivity contribution is 5.87. The van der Waals surface area contributed by atoms with Gasteiger partial charge in [0.25, 0.3) is 0 Å². The molecular weight excluding hydrogens is 232 g/mol. The van der Waals surface area contributed by atoms with Gasteiger partial charge in [-0.1, -0.05) is 12.1 Å². The first-order valence-corrected chi connectivity index (χ1v) is 5.83. The SMILES string of the molecule is NCCCCC(C(=O)O)N(C=O)c1cc[c]cc1. The smallest absolute Gasteiger partial charge is 0.326 e. The summed E-state index contributed by atoms with van der Waals surface area (Å²) in [7, 11) is 0. The Hall–Kier alpha value is -1.88. The fourth-order valence-electron chi connectivity index (χ4n) is 1.73. The minimum atomic E-state index is -1.01. The molecular formula is C13H17N2O3. The van der Waals surface area contributed by atoms with E-state index in [1.54, 1.807) is 24.3 Å². The molecule has 0 aliphatic rings. The van der Waals surface area contributed by atoms with Crippen LogP contribution in [0.2, 0.25) is 0 Å². The third-order valence-corrected chi connectivity index (χ3v) is 2.66. The summed E-state index contributed by atoms with van der Waals surface area (Å²) in [5.41, 5.74) is 5.94. The van der Waals surface area contributed by atoms with E-state index < -0.39 is 12.0 Å². The van der Waals surface area contributed by atoms with Crippen molar-refractivity contribution in [2.75, 3.05) is 11.4 Å². The molecule has 0 heterocycles. The van der Waals surface area contributed by atoms with Gasteiger partial charge in [0, 0.05) is 5.69 Å². The van der Waals surface area contributed by atoms with Crippen molar-refractivity contribution < 1.29 is 14.7 Å². The van der Waals surface area contributed by atoms with E-state index in [1.807, 2.05) is 0 Å². The van der Waals surface area contributed by atoms with Gasteiger partial charge in [-0.2, -0.15) is 0 Å². The minimum absolute atomic E-state index is 0.393. The van der Waals surface area contributed by atoms with Crippen molar-refractivity contribution in [1.82, 2.24) is 0 Å². The molecule has 1 atom stereocenters. The number of hydrogen-bond acceptors (Lipinski definition) is 3. The molecule has 1 rings (SSSR count). The number of anilines is 1. The molecule has 0 saturated heterocycles. The van der Waals surface area contributed by atoms with Gasteiger partial charge in [0.2, 0.25) is 6.41 Å². The van der Waals surface area contributed by atoms with E-state index >= 15 is 0 Å². The molecule has 5 nitrogen and oxygen atoms in total. The molecule has 18 heavy (non-hydrogen) atoms. The summed E-state index contributed by atoms with van der Waals surface area (Å²) in [6.45, 7) is 0.522. The van der Waals surface area contributed by atoms with Crippen LogP contribution in [-0.2, 0) is 9.59 Å². The van der Waals surface area contributed by atoms with Crippen LogP contribution in [0.15, 0.2) is 24.3 Å². The highest BCUT2D eigenvalue weighted by Gasteiger charge is 2.24. The second-order valence-electron chi connectivity index (χ2n) is 3.91. The molecule has 97 valence electrons. The second kappa shape index (κ2) is 7.45. The quantitative estimate of drug-likeness (QED) is 0.532. The van der Waals surface area contributed by atoms with Crippen LogP contribution >= 0.6 is 0 Å². The molecule has 3 N–H and O–H groups in total. The first-order valence-electron chi connectivity index (χ1n) is 5.83. The number of carboxylic acid groups (broad SMARTS) is 1. The van der Waals surface area contributed by atoms with Gasteiger partial charge in [0.1, 0.15) is 6.04 Å². The van der Waals surface area contributed by atoms with Crippen LogP contribution in [0.5, 0.6) is 0 Å². The Morgan fingerprint density at radius 1 is 1.44 bits per heavy atom. The monoisotopic (exact) mass is 249 g/mol. The molecule has 0 aliphatic heterocycles. The third-order valence-electron chi connectivity index (χ3n) is 2.66. The second-order valence-corrected chi connectivity index (χ2v) is 3.91. The van der Waals surface area contributed by atoms with Gasteiger partial charge in [-0.15, -0.1) is 0 Å². The number of benzene rings is 1. The number of carboxylic acids is 1. The summed E-state index contributed by atoms with van der Waals surface area (Å²) in [5, 5.41) is 9.20. The molecule has 0 aliphatic carbocycles. The lowest BCUT2D eigenvalue weighted by Gasteiger charge is -2.24. The van der Waals surface area contributed by atoms with E-state index in [0.717, 1.165) is 6.42 Å². The van der Waals surface area contributed by atoms with Crippen LogP contribution < -0.4 is 10.6 Å². The van der Waals surface area contributed by atoms with Crippen molar-refractivity contribution in [3.8, 4) is 0 Å². The van der Waals surface area contributed by atoms with Gasteiger partial charge in [-0.05, 0) is 44.0 Å². The van der Waals surface area contributed by atoms with Gasteiger partial charge in [0.05, 0.1) is 0 Å². The van der Waals surface area contributed by atoms with Crippen molar-refractivity contribution >= 4 is 18.1 Å². The van der Waals surface area contributed by atoms with Crippen LogP contribution in [0.1, 0.15) is 19.3 Å². The minimum Gasteiger partial charge on any atom is -0.480 e. The van der Waals surface area contributed by atoms with Crippen LogP contribution in [0.25, 0.3) is 0 Å². The van der Waals surface area contributed by atoms with Gasteiger partial charge in [-0.25, -0.2) is 4.79 Å². The Bertz CT molecular complexity index is 381. The standard InChI is InChI=1S/C13H17N2O3/c14-9-5-4-8-12(13(17)18)15(10-16)11-6-2-1-3-7-11/h2-3,6-7,10,12H,4-5,8-9,14H2,(H,17,18). The lowest BCUT2D eigenvalue weighted by atomic mass is 10.1. The molecule has 0 spiro atoms. The molecule has 0 aromatic heterocycles. The molecule has 0 fully saturated rings. The predicted octanol–water partition coefficient (Wildman–Crippen LogP) is 1.03. The predicted molar refractivity (Wildman–Crippen MR) is 68.2 cm³/mol. The Morgan fingerprint density at radius 2 is 2.11 bits per heavy atom. The van der Waals surface area contributed by atoms with Crippen molar-refractivity contribution in [2.24, 2.45) is 5.73 Å². The number of carbonyl (C=O) groups is 2. The van der Waals surface area contributed by atoms with E-state index in [0.29, 0.717) is 31.5 Å². The van der Waals surface area contributed by atoms with E-state index in [1.165, 1.54) is 4.90 Å². The highest BCUT2D eigenvalue weighted by atomic mass is 16.4. The normalized spacial score (nSPS) is 11.8. The molecule has 0 saturated carbocycles.